The van der Waals surface area contributed by atoms with Gasteiger partial charge in [-0.15, -0.1) is 24.8 Å². The average molecular weight is 432 g/mol. The van der Waals surface area contributed by atoms with Gasteiger partial charge in [0.25, 0.3) is 0 Å². The maximum Gasteiger partial charge on any atom is 0.234 e. The van der Waals surface area contributed by atoms with Crippen molar-refractivity contribution in [2.45, 2.75) is 51.3 Å². The molecule has 1 aliphatic heterocycles. The molecule has 3 rings (SSSR count). The lowest BCUT2D eigenvalue weighted by atomic mass is 9.71. The molecule has 0 spiro atoms. The molecule has 7 heteroatoms. The van der Waals surface area contributed by atoms with E-state index in [4.69, 9.17) is 0 Å². The molecule has 1 amide bonds. The summed E-state index contributed by atoms with van der Waals surface area (Å²) in [6.45, 7) is 5.32. The molecule has 1 unspecified atom stereocenters. The van der Waals surface area contributed by atoms with E-state index >= 15 is 0 Å². The SMILES string of the molecule is Cc1ccc(CN(C)CC(=O)NC(C2CCNCC2)C2CC(O)C2)cc1.Cl.Cl. The minimum Gasteiger partial charge on any atom is -0.393 e. The van der Waals surface area contributed by atoms with Crippen LogP contribution in [0.5, 0.6) is 0 Å². The molecule has 2 fully saturated rings. The maximum atomic E-state index is 12.6. The van der Waals surface area contributed by atoms with Crippen molar-refractivity contribution in [3.05, 3.63) is 35.4 Å². The Hall–Kier alpha value is -0.850. The number of aryl methyl sites for hydroxylation is 1. The molecule has 0 radical (unpaired) electrons. The van der Waals surface area contributed by atoms with Crippen molar-refractivity contribution in [2.75, 3.05) is 26.7 Å². The molecule has 1 aromatic rings. The number of carbonyl (C=O) groups excluding carboxylic acids is 1. The first kappa shape index (κ1) is 25.2. The predicted octanol–water partition coefficient (Wildman–Crippen LogP) is 2.53. The van der Waals surface area contributed by atoms with Gasteiger partial charge >= 0.3 is 0 Å². The molecular formula is C21H35Cl2N3O2. The van der Waals surface area contributed by atoms with Crippen LogP contribution in [0.4, 0.5) is 0 Å². The molecular weight excluding hydrogens is 397 g/mol. The van der Waals surface area contributed by atoms with Crippen molar-refractivity contribution in [3.63, 3.8) is 0 Å². The zero-order chi connectivity index (χ0) is 18.5. The Morgan fingerprint density at radius 3 is 2.36 bits per heavy atom. The molecule has 1 saturated heterocycles. The lowest BCUT2D eigenvalue weighted by molar-refractivity contribution is -0.124. The van der Waals surface area contributed by atoms with E-state index in [-0.39, 0.29) is 42.9 Å². The Balaban J connectivity index is 0.00000196. The van der Waals surface area contributed by atoms with Crippen LogP contribution in [0, 0.1) is 18.8 Å². The highest BCUT2D eigenvalue weighted by Gasteiger charge is 2.39. The Kier molecular flexibility index (Phi) is 10.8. The molecule has 2 aliphatic rings. The standard InChI is InChI=1S/C21H33N3O2.2ClH/c1-15-3-5-16(6-4-15)13-24(2)14-20(26)23-21(18-11-19(25)12-18)17-7-9-22-10-8-17;;/h3-6,17-19,21-22,25H,7-14H2,1-2H3,(H,23,26);2*1H. The summed E-state index contributed by atoms with van der Waals surface area (Å²) in [4.78, 5) is 14.7. The number of nitrogens with zero attached hydrogens (tertiary/aromatic N) is 1. The van der Waals surface area contributed by atoms with E-state index in [0.29, 0.717) is 18.4 Å². The Morgan fingerprint density at radius 2 is 1.79 bits per heavy atom. The second-order valence-corrected chi connectivity index (χ2v) is 8.22. The van der Waals surface area contributed by atoms with E-state index in [9.17, 15) is 9.90 Å². The van der Waals surface area contributed by atoms with Crippen molar-refractivity contribution in [2.24, 2.45) is 11.8 Å². The van der Waals surface area contributed by atoms with E-state index in [0.717, 1.165) is 45.3 Å². The summed E-state index contributed by atoms with van der Waals surface area (Å²) in [6.07, 6.45) is 3.70. The fraction of sp³-hybridized carbons (Fsp3) is 0.667. The largest absolute Gasteiger partial charge is 0.393 e. The first-order valence-electron chi connectivity index (χ1n) is 9.93. The number of hydrogen-bond acceptors (Lipinski definition) is 4. The highest BCUT2D eigenvalue weighted by Crippen LogP contribution is 2.35. The van der Waals surface area contributed by atoms with Crippen LogP contribution in [0.25, 0.3) is 0 Å². The van der Waals surface area contributed by atoms with Gasteiger partial charge in [-0.2, -0.15) is 0 Å². The van der Waals surface area contributed by atoms with Gasteiger partial charge in [-0.25, -0.2) is 0 Å². The zero-order valence-corrected chi connectivity index (χ0v) is 18.5. The quantitative estimate of drug-likeness (QED) is 0.620. The molecule has 0 bridgehead atoms. The van der Waals surface area contributed by atoms with Gasteiger partial charge in [0, 0.05) is 12.6 Å². The number of aliphatic hydroxyl groups is 1. The number of halogens is 2. The normalized spacial score (nSPS) is 23.1. The summed E-state index contributed by atoms with van der Waals surface area (Å²) in [5.74, 6) is 1.06. The van der Waals surface area contributed by atoms with E-state index in [1.54, 1.807) is 0 Å². The van der Waals surface area contributed by atoms with Gasteiger partial charge in [0.15, 0.2) is 0 Å². The number of nitrogens with one attached hydrogen (secondary N) is 2. The molecule has 1 saturated carbocycles. The minimum absolute atomic E-state index is 0. The number of piperidine rings is 1. The second-order valence-electron chi connectivity index (χ2n) is 8.22. The molecule has 0 aromatic heterocycles. The average Bonchev–Trinajstić information content (AvgIpc) is 2.60. The molecule has 3 N–H and O–H groups in total. The van der Waals surface area contributed by atoms with Crippen LogP contribution in [0.1, 0.15) is 36.8 Å². The van der Waals surface area contributed by atoms with Crippen molar-refractivity contribution in [1.82, 2.24) is 15.5 Å². The Bertz CT molecular complexity index is 588. The number of likely N-dealkylation sites (N-methyl/N-ethyl adjacent to an activating group) is 1. The molecule has 28 heavy (non-hydrogen) atoms. The van der Waals surface area contributed by atoms with Crippen LogP contribution < -0.4 is 10.6 Å². The molecule has 1 atom stereocenters. The van der Waals surface area contributed by atoms with E-state index in [1.165, 1.54) is 11.1 Å². The molecule has 1 aromatic carbocycles. The van der Waals surface area contributed by atoms with E-state index in [2.05, 4.69) is 46.7 Å². The first-order chi connectivity index (χ1) is 12.5. The highest BCUT2D eigenvalue weighted by molar-refractivity contribution is 5.85. The predicted molar refractivity (Wildman–Crippen MR) is 118 cm³/mol. The number of carbonyl (C=O) groups is 1. The third-order valence-electron chi connectivity index (χ3n) is 5.86. The summed E-state index contributed by atoms with van der Waals surface area (Å²) < 4.78 is 0. The van der Waals surface area contributed by atoms with Gasteiger partial charge in [0.05, 0.1) is 12.6 Å². The highest BCUT2D eigenvalue weighted by atomic mass is 35.5. The first-order valence-corrected chi connectivity index (χ1v) is 9.93. The third-order valence-corrected chi connectivity index (χ3v) is 5.86. The summed E-state index contributed by atoms with van der Waals surface area (Å²) in [6, 6.07) is 8.67. The van der Waals surface area contributed by atoms with Crippen LogP contribution in [-0.4, -0.2) is 54.7 Å². The van der Waals surface area contributed by atoms with Crippen molar-refractivity contribution < 1.29 is 9.90 Å². The number of benzene rings is 1. The lowest BCUT2D eigenvalue weighted by Crippen LogP contribution is -2.54. The maximum absolute atomic E-state index is 12.6. The molecule has 1 aliphatic carbocycles. The van der Waals surface area contributed by atoms with Gasteiger partial charge in [-0.1, -0.05) is 29.8 Å². The van der Waals surface area contributed by atoms with E-state index < -0.39 is 0 Å². The number of rotatable bonds is 7. The summed E-state index contributed by atoms with van der Waals surface area (Å²) >= 11 is 0. The van der Waals surface area contributed by atoms with Gasteiger partial charge in [0.2, 0.25) is 5.91 Å². The van der Waals surface area contributed by atoms with Crippen LogP contribution in [0.3, 0.4) is 0 Å². The summed E-state index contributed by atoms with van der Waals surface area (Å²) in [5.41, 5.74) is 2.48. The van der Waals surface area contributed by atoms with Crippen LogP contribution >= 0.6 is 24.8 Å². The van der Waals surface area contributed by atoms with Crippen molar-refractivity contribution >= 4 is 30.7 Å². The van der Waals surface area contributed by atoms with Crippen molar-refractivity contribution in [3.8, 4) is 0 Å². The molecule has 5 nitrogen and oxygen atoms in total. The lowest BCUT2D eigenvalue weighted by Gasteiger charge is -2.43. The van der Waals surface area contributed by atoms with Crippen LogP contribution in [0.15, 0.2) is 24.3 Å². The number of amides is 1. The van der Waals surface area contributed by atoms with Gasteiger partial charge < -0.3 is 15.7 Å². The fourth-order valence-electron chi connectivity index (χ4n) is 4.28. The van der Waals surface area contributed by atoms with Crippen LogP contribution in [0.2, 0.25) is 0 Å². The fourth-order valence-corrected chi connectivity index (χ4v) is 4.28. The smallest absolute Gasteiger partial charge is 0.234 e. The topological polar surface area (TPSA) is 64.6 Å². The molecule has 1 heterocycles. The molecule has 160 valence electrons. The zero-order valence-electron chi connectivity index (χ0n) is 16.9. The van der Waals surface area contributed by atoms with Gasteiger partial charge in [-0.05, 0) is 70.1 Å². The number of hydrogen-bond donors (Lipinski definition) is 3. The van der Waals surface area contributed by atoms with Gasteiger partial charge in [0.1, 0.15) is 0 Å². The summed E-state index contributed by atoms with van der Waals surface area (Å²) in [7, 11) is 1.99. The van der Waals surface area contributed by atoms with E-state index in [1.807, 2.05) is 7.05 Å². The second kappa shape index (κ2) is 12.0. The Labute approximate surface area is 181 Å². The van der Waals surface area contributed by atoms with Gasteiger partial charge in [-0.3, -0.25) is 9.69 Å². The van der Waals surface area contributed by atoms with Crippen molar-refractivity contribution in [1.29, 1.82) is 0 Å². The Morgan fingerprint density at radius 1 is 1.18 bits per heavy atom. The monoisotopic (exact) mass is 431 g/mol. The number of aliphatic hydroxyl groups excluding tert-OH is 1. The summed E-state index contributed by atoms with van der Waals surface area (Å²) in [5, 5.41) is 16.4. The third kappa shape index (κ3) is 7.20. The van der Waals surface area contributed by atoms with Crippen LogP contribution in [-0.2, 0) is 11.3 Å². The minimum atomic E-state index is -0.176.